The van der Waals surface area contributed by atoms with Crippen LogP contribution in [-0.4, -0.2) is 12.1 Å². The molecule has 0 aromatic heterocycles. The van der Waals surface area contributed by atoms with Crippen LogP contribution in [0.5, 0.6) is 0 Å². The molecule has 1 amide bonds. The summed E-state index contributed by atoms with van der Waals surface area (Å²) in [6.07, 6.45) is 7.38. The third-order valence-corrected chi connectivity index (χ3v) is 3.28. The second-order valence-electron chi connectivity index (χ2n) is 4.28. The Morgan fingerprint density at radius 2 is 2.31 bits per heavy atom. The number of carbonyl (C=O) groups excluding carboxylic acids is 1. The van der Waals surface area contributed by atoms with Gasteiger partial charge < -0.3 is 0 Å². The highest BCUT2D eigenvalue weighted by Gasteiger charge is 2.38. The highest BCUT2D eigenvalue weighted by atomic mass is 16.2. The van der Waals surface area contributed by atoms with Crippen LogP contribution in [-0.2, 0) is 4.79 Å². The molecule has 0 radical (unpaired) electrons. The maximum Gasteiger partial charge on any atom is 0.236 e. The van der Waals surface area contributed by atoms with Gasteiger partial charge in [0.2, 0.25) is 5.91 Å². The van der Waals surface area contributed by atoms with Gasteiger partial charge in [-0.25, -0.2) is 5.43 Å². The van der Waals surface area contributed by atoms with Gasteiger partial charge in [-0.1, -0.05) is 6.42 Å². The van der Waals surface area contributed by atoms with Gasteiger partial charge in [0.1, 0.15) is 0 Å². The molecular formula is C10H16N2O. The van der Waals surface area contributed by atoms with Crippen LogP contribution in [0.15, 0.2) is 5.10 Å². The molecule has 2 aliphatic rings. The van der Waals surface area contributed by atoms with Crippen LogP contribution in [0.1, 0.15) is 32.6 Å². The fraction of sp³-hybridized carbons (Fsp3) is 0.800. The van der Waals surface area contributed by atoms with E-state index in [0.717, 1.165) is 11.8 Å². The van der Waals surface area contributed by atoms with Crippen LogP contribution in [0.25, 0.3) is 0 Å². The molecule has 2 aliphatic carbocycles. The Morgan fingerprint density at radius 3 is 2.85 bits per heavy atom. The second kappa shape index (κ2) is 3.48. The molecule has 1 N–H and O–H groups in total. The van der Waals surface area contributed by atoms with E-state index in [9.17, 15) is 4.79 Å². The lowest BCUT2D eigenvalue weighted by atomic mass is 9.90. The molecule has 0 aromatic rings. The molecule has 3 nitrogen and oxygen atoms in total. The van der Waals surface area contributed by atoms with Crippen molar-refractivity contribution in [3.63, 3.8) is 0 Å². The number of carbonyl (C=O) groups is 1. The first kappa shape index (κ1) is 8.73. The van der Waals surface area contributed by atoms with Gasteiger partial charge >= 0.3 is 0 Å². The molecule has 3 atom stereocenters. The lowest BCUT2D eigenvalue weighted by Gasteiger charge is -2.16. The lowest BCUT2D eigenvalue weighted by molar-refractivity contribution is -0.118. The summed E-state index contributed by atoms with van der Waals surface area (Å²) in [5.41, 5.74) is 2.46. The van der Waals surface area contributed by atoms with Gasteiger partial charge in [-0.2, -0.15) is 5.10 Å². The van der Waals surface area contributed by atoms with Gasteiger partial charge in [-0.05, 0) is 37.0 Å². The van der Waals surface area contributed by atoms with Crippen molar-refractivity contribution in [3.05, 3.63) is 0 Å². The number of hydrogen-bond donors (Lipinski definition) is 1. The van der Waals surface area contributed by atoms with Crippen LogP contribution in [0.3, 0.4) is 0 Å². The van der Waals surface area contributed by atoms with Crippen molar-refractivity contribution in [2.45, 2.75) is 32.6 Å². The topological polar surface area (TPSA) is 41.5 Å². The van der Waals surface area contributed by atoms with Crippen molar-refractivity contribution < 1.29 is 4.79 Å². The van der Waals surface area contributed by atoms with E-state index in [1.807, 2.05) is 6.21 Å². The summed E-state index contributed by atoms with van der Waals surface area (Å²) in [6, 6.07) is 0. The predicted molar refractivity (Wildman–Crippen MR) is 51.2 cm³/mol. The van der Waals surface area contributed by atoms with E-state index in [-0.39, 0.29) is 5.91 Å². The summed E-state index contributed by atoms with van der Waals surface area (Å²) in [5, 5.41) is 3.95. The smallest absolute Gasteiger partial charge is 0.236 e. The first-order chi connectivity index (χ1) is 6.25. The standard InChI is InChI=1S/C10H16N2O/c1-7(13)12-11-6-10-5-8-2-3-9(10)4-8/h6,8-10H,2-5H2,1H3,(H,12,13). The summed E-state index contributed by atoms with van der Waals surface area (Å²) >= 11 is 0. The molecule has 72 valence electrons. The quantitative estimate of drug-likeness (QED) is 0.508. The molecule has 0 aliphatic heterocycles. The molecule has 2 fully saturated rings. The van der Waals surface area contributed by atoms with Crippen molar-refractivity contribution in [3.8, 4) is 0 Å². The summed E-state index contributed by atoms with van der Waals surface area (Å²) in [5.74, 6) is 2.34. The fourth-order valence-electron chi connectivity index (χ4n) is 2.70. The average Bonchev–Trinajstić information content (AvgIpc) is 2.64. The molecule has 2 bridgehead atoms. The molecule has 0 saturated heterocycles. The maximum absolute atomic E-state index is 10.6. The normalized spacial score (nSPS) is 37.2. The third kappa shape index (κ3) is 1.90. The predicted octanol–water partition coefficient (Wildman–Crippen LogP) is 1.54. The highest BCUT2D eigenvalue weighted by molar-refractivity contribution is 5.74. The first-order valence-electron chi connectivity index (χ1n) is 5.05. The SMILES string of the molecule is CC(=O)NN=CC1CC2CCC1C2. The summed E-state index contributed by atoms with van der Waals surface area (Å²) in [7, 11) is 0. The minimum absolute atomic E-state index is 0.0839. The van der Waals surface area contributed by atoms with Crippen LogP contribution in [0.2, 0.25) is 0 Å². The fourth-order valence-corrected chi connectivity index (χ4v) is 2.70. The zero-order valence-corrected chi connectivity index (χ0v) is 7.99. The van der Waals surface area contributed by atoms with E-state index in [1.165, 1.54) is 32.6 Å². The van der Waals surface area contributed by atoms with E-state index >= 15 is 0 Å². The summed E-state index contributed by atoms with van der Waals surface area (Å²) < 4.78 is 0. The van der Waals surface area contributed by atoms with Gasteiger partial charge in [-0.3, -0.25) is 4.79 Å². The van der Waals surface area contributed by atoms with Crippen molar-refractivity contribution in [1.82, 2.24) is 5.43 Å². The maximum atomic E-state index is 10.6. The molecule has 2 rings (SSSR count). The van der Waals surface area contributed by atoms with Crippen molar-refractivity contribution in [1.29, 1.82) is 0 Å². The molecule has 13 heavy (non-hydrogen) atoms. The van der Waals surface area contributed by atoms with Crippen molar-refractivity contribution in [2.24, 2.45) is 22.9 Å². The Balaban J connectivity index is 1.82. The Morgan fingerprint density at radius 1 is 1.46 bits per heavy atom. The number of hydrazone groups is 1. The highest BCUT2D eigenvalue weighted by Crippen LogP contribution is 2.47. The van der Waals surface area contributed by atoms with Crippen molar-refractivity contribution in [2.75, 3.05) is 0 Å². The van der Waals surface area contributed by atoms with E-state index in [2.05, 4.69) is 10.5 Å². The van der Waals surface area contributed by atoms with Crippen LogP contribution in [0, 0.1) is 17.8 Å². The molecule has 3 heteroatoms. The third-order valence-electron chi connectivity index (χ3n) is 3.28. The van der Waals surface area contributed by atoms with Crippen LogP contribution in [0.4, 0.5) is 0 Å². The number of fused-ring (bicyclic) bond motifs is 2. The van der Waals surface area contributed by atoms with Gasteiger partial charge in [0, 0.05) is 13.1 Å². The van der Waals surface area contributed by atoms with Gasteiger partial charge in [0.25, 0.3) is 0 Å². The molecule has 2 saturated carbocycles. The Labute approximate surface area is 78.6 Å². The Bertz CT molecular complexity index is 237. The van der Waals surface area contributed by atoms with E-state index in [4.69, 9.17) is 0 Å². The Hall–Kier alpha value is -0.860. The van der Waals surface area contributed by atoms with E-state index in [0.29, 0.717) is 5.92 Å². The second-order valence-corrected chi connectivity index (χ2v) is 4.28. The molecular weight excluding hydrogens is 164 g/mol. The zero-order chi connectivity index (χ0) is 9.26. The average molecular weight is 180 g/mol. The number of amides is 1. The molecule has 3 unspecified atom stereocenters. The van der Waals surface area contributed by atoms with Gasteiger partial charge in [-0.15, -0.1) is 0 Å². The van der Waals surface area contributed by atoms with Crippen molar-refractivity contribution >= 4 is 12.1 Å². The Kier molecular flexibility index (Phi) is 2.34. The number of rotatable bonds is 2. The molecule has 0 spiro atoms. The summed E-state index contributed by atoms with van der Waals surface area (Å²) in [6.45, 7) is 1.48. The summed E-state index contributed by atoms with van der Waals surface area (Å²) in [4.78, 5) is 10.6. The first-order valence-corrected chi connectivity index (χ1v) is 5.05. The number of nitrogens with one attached hydrogen (secondary N) is 1. The van der Waals surface area contributed by atoms with E-state index < -0.39 is 0 Å². The van der Waals surface area contributed by atoms with Gasteiger partial charge in [0.05, 0.1) is 0 Å². The lowest BCUT2D eigenvalue weighted by Crippen LogP contribution is -2.17. The minimum atomic E-state index is -0.0839. The monoisotopic (exact) mass is 180 g/mol. The zero-order valence-electron chi connectivity index (χ0n) is 7.99. The molecule has 0 heterocycles. The number of hydrogen-bond acceptors (Lipinski definition) is 2. The van der Waals surface area contributed by atoms with Crippen LogP contribution < -0.4 is 5.43 Å². The largest absolute Gasteiger partial charge is 0.274 e. The number of nitrogens with zero attached hydrogens (tertiary/aromatic N) is 1. The van der Waals surface area contributed by atoms with Crippen LogP contribution >= 0.6 is 0 Å². The van der Waals surface area contributed by atoms with Gasteiger partial charge in [0.15, 0.2) is 0 Å². The minimum Gasteiger partial charge on any atom is -0.274 e. The molecule has 0 aromatic carbocycles. The van der Waals surface area contributed by atoms with E-state index in [1.54, 1.807) is 0 Å².